The van der Waals surface area contributed by atoms with Gasteiger partial charge in [0.1, 0.15) is 16.1 Å². The van der Waals surface area contributed by atoms with E-state index in [1.54, 1.807) is 18.2 Å². The summed E-state index contributed by atoms with van der Waals surface area (Å²) in [5.41, 5.74) is 0.604. The van der Waals surface area contributed by atoms with Gasteiger partial charge >= 0.3 is 0 Å². The maximum Gasteiger partial charge on any atom is 0.172 e. The highest BCUT2D eigenvalue weighted by Gasteiger charge is 2.17. The molecule has 0 spiro atoms. The van der Waals surface area contributed by atoms with Crippen LogP contribution >= 0.6 is 34.5 Å². The van der Waals surface area contributed by atoms with Crippen LogP contribution < -0.4 is 0 Å². The van der Waals surface area contributed by atoms with Crippen LogP contribution in [0, 0.1) is 5.82 Å². The molecule has 100 valence electrons. The summed E-state index contributed by atoms with van der Waals surface area (Å²) in [5, 5.41) is 2.18. The lowest BCUT2D eigenvalue weighted by Crippen LogP contribution is -1.95. The second-order valence-corrected chi connectivity index (χ2v) is 5.62. The van der Waals surface area contributed by atoms with Crippen molar-refractivity contribution in [2.24, 2.45) is 0 Å². The van der Waals surface area contributed by atoms with Crippen molar-refractivity contribution in [3.8, 4) is 21.8 Å². The van der Waals surface area contributed by atoms with Crippen LogP contribution in [0.5, 0.6) is 0 Å². The maximum absolute atomic E-state index is 13.8. The fraction of sp³-hybridized carbons (Fsp3) is 0. The number of halogens is 3. The molecule has 2 heterocycles. The van der Waals surface area contributed by atoms with Gasteiger partial charge in [0.25, 0.3) is 0 Å². The Kier molecular flexibility index (Phi) is 3.70. The molecule has 3 rings (SSSR count). The van der Waals surface area contributed by atoms with Crippen molar-refractivity contribution in [2.45, 2.75) is 0 Å². The lowest BCUT2D eigenvalue weighted by atomic mass is 10.1. The Labute approximate surface area is 128 Å². The summed E-state index contributed by atoms with van der Waals surface area (Å²) in [6.45, 7) is 0. The van der Waals surface area contributed by atoms with Crippen LogP contribution in [0.25, 0.3) is 21.8 Å². The number of rotatable bonds is 2. The van der Waals surface area contributed by atoms with E-state index in [2.05, 4.69) is 9.97 Å². The summed E-state index contributed by atoms with van der Waals surface area (Å²) in [4.78, 5) is 9.27. The molecule has 0 aliphatic carbocycles. The number of aromatic nitrogens is 2. The molecule has 3 aromatic rings. The van der Waals surface area contributed by atoms with E-state index >= 15 is 0 Å². The van der Waals surface area contributed by atoms with E-state index in [0.29, 0.717) is 17.0 Å². The molecular weight excluding hydrogens is 318 g/mol. The average molecular weight is 325 g/mol. The van der Waals surface area contributed by atoms with Gasteiger partial charge < -0.3 is 0 Å². The Morgan fingerprint density at radius 3 is 2.25 bits per heavy atom. The molecule has 0 fully saturated rings. The van der Waals surface area contributed by atoms with Crippen LogP contribution in [0.1, 0.15) is 0 Å². The van der Waals surface area contributed by atoms with Gasteiger partial charge in [-0.15, -0.1) is 11.3 Å². The first kappa shape index (κ1) is 13.5. The molecule has 2 aromatic heterocycles. The molecule has 0 bridgehead atoms. The van der Waals surface area contributed by atoms with Gasteiger partial charge in [-0.3, -0.25) is 0 Å². The van der Waals surface area contributed by atoms with Crippen LogP contribution in [-0.2, 0) is 0 Å². The Balaban J connectivity index is 2.17. The van der Waals surface area contributed by atoms with Crippen molar-refractivity contribution >= 4 is 34.5 Å². The first-order valence-electron chi connectivity index (χ1n) is 5.68. The third kappa shape index (κ3) is 2.42. The fourth-order valence-electron chi connectivity index (χ4n) is 1.81. The van der Waals surface area contributed by atoms with Crippen LogP contribution in [0.2, 0.25) is 10.3 Å². The quantitative estimate of drug-likeness (QED) is 0.596. The lowest BCUT2D eigenvalue weighted by Gasteiger charge is -2.08. The molecule has 0 N–H and O–H groups in total. The van der Waals surface area contributed by atoms with Gasteiger partial charge in [0.05, 0.1) is 10.4 Å². The van der Waals surface area contributed by atoms with E-state index in [1.165, 1.54) is 17.4 Å². The molecule has 0 aliphatic heterocycles. The summed E-state index contributed by atoms with van der Waals surface area (Å²) >= 11 is 13.8. The zero-order chi connectivity index (χ0) is 14.1. The number of hydrogen-bond acceptors (Lipinski definition) is 3. The van der Waals surface area contributed by atoms with Crippen molar-refractivity contribution in [3.63, 3.8) is 0 Å². The summed E-state index contributed by atoms with van der Waals surface area (Å²) in [6.07, 6.45) is 0. The standard InChI is InChI=1S/C14H7Cl2FN2S/c15-12-11(8-4-1-2-5-9(8)17)13(16)19-14(18-12)10-6-3-7-20-10/h1-7H. The second kappa shape index (κ2) is 5.48. The number of benzene rings is 1. The van der Waals surface area contributed by atoms with E-state index in [-0.39, 0.29) is 10.3 Å². The molecule has 0 aliphatic rings. The molecule has 0 amide bonds. The number of thiophene rings is 1. The zero-order valence-corrected chi connectivity index (χ0v) is 12.3. The minimum Gasteiger partial charge on any atom is -0.215 e. The molecule has 20 heavy (non-hydrogen) atoms. The van der Waals surface area contributed by atoms with Gasteiger partial charge in [-0.2, -0.15) is 0 Å². The third-order valence-corrected chi connectivity index (χ3v) is 4.12. The predicted molar refractivity (Wildman–Crippen MR) is 80.8 cm³/mol. The van der Waals surface area contributed by atoms with Crippen LogP contribution in [0.4, 0.5) is 4.39 Å². The molecule has 0 atom stereocenters. The van der Waals surface area contributed by atoms with Crippen molar-refractivity contribution in [3.05, 3.63) is 57.9 Å². The monoisotopic (exact) mass is 324 g/mol. The van der Waals surface area contributed by atoms with Crippen LogP contribution in [0.3, 0.4) is 0 Å². The molecule has 6 heteroatoms. The molecule has 2 nitrogen and oxygen atoms in total. The van der Waals surface area contributed by atoms with Crippen LogP contribution in [-0.4, -0.2) is 9.97 Å². The molecule has 0 radical (unpaired) electrons. The maximum atomic E-state index is 13.8. The second-order valence-electron chi connectivity index (χ2n) is 3.96. The molecular formula is C14H7Cl2FN2S. The highest BCUT2D eigenvalue weighted by Crippen LogP contribution is 2.36. The van der Waals surface area contributed by atoms with Gasteiger partial charge in [-0.25, -0.2) is 14.4 Å². The Hall–Kier alpha value is -1.49. The van der Waals surface area contributed by atoms with Gasteiger partial charge in [0.15, 0.2) is 5.82 Å². The minimum atomic E-state index is -0.413. The van der Waals surface area contributed by atoms with E-state index in [0.717, 1.165) is 4.88 Å². The highest BCUT2D eigenvalue weighted by molar-refractivity contribution is 7.13. The minimum absolute atomic E-state index is 0.138. The molecule has 0 saturated heterocycles. The topological polar surface area (TPSA) is 25.8 Å². The number of nitrogens with zero attached hydrogens (tertiary/aromatic N) is 2. The average Bonchev–Trinajstić information content (AvgIpc) is 2.94. The van der Waals surface area contributed by atoms with Crippen molar-refractivity contribution < 1.29 is 4.39 Å². The van der Waals surface area contributed by atoms with Crippen molar-refractivity contribution in [2.75, 3.05) is 0 Å². The highest BCUT2D eigenvalue weighted by atomic mass is 35.5. The van der Waals surface area contributed by atoms with Gasteiger partial charge in [0.2, 0.25) is 0 Å². The fourth-order valence-corrected chi connectivity index (χ4v) is 3.06. The van der Waals surface area contributed by atoms with E-state index in [1.807, 2.05) is 17.5 Å². The summed E-state index contributed by atoms with van der Waals surface area (Å²) < 4.78 is 13.8. The van der Waals surface area contributed by atoms with E-state index in [4.69, 9.17) is 23.2 Å². The zero-order valence-electron chi connectivity index (χ0n) is 9.98. The van der Waals surface area contributed by atoms with Gasteiger partial charge in [-0.1, -0.05) is 47.5 Å². The summed E-state index contributed by atoms with van der Waals surface area (Å²) in [7, 11) is 0. The first-order chi connectivity index (χ1) is 9.66. The molecule has 1 aromatic carbocycles. The van der Waals surface area contributed by atoms with Crippen molar-refractivity contribution in [1.82, 2.24) is 9.97 Å². The Morgan fingerprint density at radius 1 is 0.950 bits per heavy atom. The first-order valence-corrected chi connectivity index (χ1v) is 7.32. The van der Waals surface area contributed by atoms with Gasteiger partial charge in [-0.05, 0) is 17.5 Å². The van der Waals surface area contributed by atoms with E-state index < -0.39 is 5.82 Å². The number of hydrogen-bond donors (Lipinski definition) is 0. The summed E-state index contributed by atoms with van der Waals surface area (Å²) in [6, 6.07) is 10.00. The Bertz CT molecular complexity index is 737. The normalized spacial score (nSPS) is 10.8. The third-order valence-electron chi connectivity index (χ3n) is 2.71. The van der Waals surface area contributed by atoms with Crippen molar-refractivity contribution in [1.29, 1.82) is 0 Å². The Morgan fingerprint density at radius 2 is 1.65 bits per heavy atom. The smallest absolute Gasteiger partial charge is 0.172 e. The molecule has 0 saturated carbocycles. The van der Waals surface area contributed by atoms with Crippen LogP contribution in [0.15, 0.2) is 41.8 Å². The largest absolute Gasteiger partial charge is 0.215 e. The summed E-state index contributed by atoms with van der Waals surface area (Å²) in [5.74, 6) is 0.0267. The molecule has 0 unspecified atom stereocenters. The predicted octanol–water partition coefficient (Wildman–Crippen LogP) is 5.32. The van der Waals surface area contributed by atoms with E-state index in [9.17, 15) is 4.39 Å². The van der Waals surface area contributed by atoms with Gasteiger partial charge in [0, 0.05) is 5.56 Å². The lowest BCUT2D eigenvalue weighted by molar-refractivity contribution is 0.631. The SMILES string of the molecule is Fc1ccccc1-c1c(Cl)nc(-c2cccs2)nc1Cl.